The molecule has 0 saturated heterocycles. The zero-order valence-electron chi connectivity index (χ0n) is 14.1. The van der Waals surface area contributed by atoms with Crippen LogP contribution in [-0.4, -0.2) is 29.0 Å². The highest BCUT2D eigenvalue weighted by molar-refractivity contribution is 5.76. The maximum absolute atomic E-state index is 11.9. The monoisotopic (exact) mass is 347 g/mol. The molecule has 8 nitrogen and oxygen atoms in total. The summed E-state index contributed by atoms with van der Waals surface area (Å²) in [5.74, 6) is 0.772. The van der Waals surface area contributed by atoms with E-state index in [1.807, 2.05) is 0 Å². The van der Waals surface area contributed by atoms with Gasteiger partial charge in [-0.15, -0.1) is 0 Å². The fourth-order valence-corrected chi connectivity index (χ4v) is 2.26. The number of carbonyl (C=O) groups excluding carboxylic acids is 1. The Morgan fingerprint density at radius 3 is 2.68 bits per heavy atom. The summed E-state index contributed by atoms with van der Waals surface area (Å²) >= 11 is 0. The fourth-order valence-electron chi connectivity index (χ4n) is 2.26. The van der Waals surface area contributed by atoms with Gasteiger partial charge in [0, 0.05) is 19.0 Å². The number of hydrogen-bond donors (Lipinski definition) is 3. The molecule has 1 atom stereocenters. The molecule has 2 rings (SSSR count). The Morgan fingerprint density at radius 2 is 2.04 bits per heavy atom. The summed E-state index contributed by atoms with van der Waals surface area (Å²) < 4.78 is 5.38. The summed E-state index contributed by atoms with van der Waals surface area (Å²) in [6, 6.07) is 9.64. The largest absolute Gasteiger partial charge is 0.463 e. The van der Waals surface area contributed by atoms with Crippen molar-refractivity contribution < 1.29 is 19.2 Å². The molecule has 1 amide bonds. The first kappa shape index (κ1) is 18.5. The lowest BCUT2D eigenvalue weighted by atomic mass is 10.0. The molecule has 0 spiro atoms. The van der Waals surface area contributed by atoms with E-state index < -0.39 is 10.5 Å². The number of benzene rings is 1. The average molecular weight is 347 g/mol. The average Bonchev–Trinajstić information content (AvgIpc) is 3.01. The number of amides is 1. The Kier molecular flexibility index (Phi) is 5.76. The molecule has 2 aromatic rings. The van der Waals surface area contributed by atoms with Gasteiger partial charge >= 0.3 is 0 Å². The Hall–Kier alpha value is -2.87. The molecule has 1 unspecified atom stereocenters. The molecule has 0 aliphatic heterocycles. The predicted molar refractivity (Wildman–Crippen MR) is 92.2 cm³/mol. The van der Waals surface area contributed by atoms with Crippen LogP contribution in [-0.2, 0) is 10.4 Å². The second-order valence-corrected chi connectivity index (χ2v) is 5.91. The van der Waals surface area contributed by atoms with Gasteiger partial charge in [0.15, 0.2) is 0 Å². The molecule has 0 aliphatic rings. The maximum Gasteiger partial charge on any atom is 0.292 e. The number of nitro groups is 1. The second-order valence-electron chi connectivity index (χ2n) is 5.91. The fraction of sp³-hybridized carbons (Fsp3) is 0.353. The molecule has 25 heavy (non-hydrogen) atoms. The summed E-state index contributed by atoms with van der Waals surface area (Å²) in [5, 5.41) is 26.8. The number of nitrogens with one attached hydrogen (secondary N) is 2. The van der Waals surface area contributed by atoms with Gasteiger partial charge < -0.3 is 20.2 Å². The molecule has 3 N–H and O–H groups in total. The Morgan fingerprint density at radius 1 is 1.32 bits per heavy atom. The van der Waals surface area contributed by atoms with E-state index in [-0.39, 0.29) is 31.1 Å². The number of nitro benzene ring substituents is 1. The van der Waals surface area contributed by atoms with Gasteiger partial charge in [0.2, 0.25) is 5.91 Å². The minimum absolute atomic E-state index is 0.00424. The number of aliphatic hydroxyl groups is 1. The first-order chi connectivity index (χ1) is 11.8. The number of aryl methyl sites for hydroxylation is 1. The van der Waals surface area contributed by atoms with Crippen LogP contribution in [0.15, 0.2) is 40.8 Å². The number of nitrogens with zero attached hydrogens (tertiary/aromatic N) is 1. The van der Waals surface area contributed by atoms with Crippen LogP contribution in [0, 0.1) is 17.0 Å². The van der Waals surface area contributed by atoms with Gasteiger partial charge in [-0.3, -0.25) is 14.9 Å². The first-order valence-corrected chi connectivity index (χ1v) is 7.83. The van der Waals surface area contributed by atoms with Crippen LogP contribution >= 0.6 is 0 Å². The van der Waals surface area contributed by atoms with E-state index >= 15 is 0 Å². The Labute approximate surface area is 145 Å². The molecule has 0 bridgehead atoms. The number of anilines is 1. The van der Waals surface area contributed by atoms with Gasteiger partial charge in [-0.05, 0) is 32.0 Å². The van der Waals surface area contributed by atoms with E-state index in [0.29, 0.717) is 17.2 Å². The van der Waals surface area contributed by atoms with Gasteiger partial charge in [0.25, 0.3) is 5.69 Å². The van der Waals surface area contributed by atoms with Crippen molar-refractivity contribution in [3.8, 4) is 0 Å². The predicted octanol–water partition coefficient (Wildman–Crippen LogP) is 2.32. The summed E-state index contributed by atoms with van der Waals surface area (Å²) in [6.07, 6.45) is 0.110. The van der Waals surface area contributed by atoms with Crippen molar-refractivity contribution in [3.63, 3.8) is 0 Å². The molecule has 0 saturated carbocycles. The minimum Gasteiger partial charge on any atom is -0.463 e. The van der Waals surface area contributed by atoms with Crippen molar-refractivity contribution in [1.82, 2.24) is 5.32 Å². The van der Waals surface area contributed by atoms with Crippen LogP contribution in [0.1, 0.15) is 24.9 Å². The van der Waals surface area contributed by atoms with Gasteiger partial charge in [-0.25, -0.2) is 0 Å². The van der Waals surface area contributed by atoms with E-state index in [2.05, 4.69) is 10.6 Å². The van der Waals surface area contributed by atoms with E-state index in [9.17, 15) is 20.0 Å². The lowest BCUT2D eigenvalue weighted by Gasteiger charge is -2.21. The van der Waals surface area contributed by atoms with Crippen LogP contribution in [0.2, 0.25) is 0 Å². The van der Waals surface area contributed by atoms with E-state index in [1.54, 1.807) is 44.2 Å². The highest BCUT2D eigenvalue weighted by atomic mass is 16.6. The van der Waals surface area contributed by atoms with Gasteiger partial charge in [0.05, 0.1) is 11.5 Å². The molecule has 1 heterocycles. The second kappa shape index (κ2) is 7.80. The number of hydrogen-bond acceptors (Lipinski definition) is 6. The Balaban J connectivity index is 1.81. The number of para-hydroxylation sites is 2. The standard InChI is InChI=1S/C17H21N3O5/c1-12-7-8-15(25-12)17(2,22)11-19-16(21)9-10-18-13-5-3-4-6-14(13)20(23)24/h3-8,18,22H,9-11H2,1-2H3,(H,19,21). The quantitative estimate of drug-likeness (QED) is 0.498. The minimum atomic E-state index is -1.31. The van der Waals surface area contributed by atoms with E-state index in [0.717, 1.165) is 0 Å². The van der Waals surface area contributed by atoms with Gasteiger partial charge in [-0.2, -0.15) is 0 Å². The zero-order chi connectivity index (χ0) is 18.4. The third-order valence-corrected chi connectivity index (χ3v) is 3.67. The molecule has 8 heteroatoms. The van der Waals surface area contributed by atoms with Crippen molar-refractivity contribution in [2.45, 2.75) is 25.9 Å². The van der Waals surface area contributed by atoms with Crippen molar-refractivity contribution in [2.75, 3.05) is 18.4 Å². The third-order valence-electron chi connectivity index (χ3n) is 3.67. The van der Waals surface area contributed by atoms with Crippen molar-refractivity contribution in [1.29, 1.82) is 0 Å². The number of rotatable bonds is 8. The smallest absolute Gasteiger partial charge is 0.292 e. The lowest BCUT2D eigenvalue weighted by molar-refractivity contribution is -0.384. The highest BCUT2D eigenvalue weighted by Gasteiger charge is 2.27. The Bertz CT molecular complexity index is 754. The molecule has 1 aromatic carbocycles. The topological polar surface area (TPSA) is 118 Å². The SMILES string of the molecule is Cc1ccc(C(C)(O)CNC(=O)CCNc2ccccc2[N+](=O)[O-])o1. The first-order valence-electron chi connectivity index (χ1n) is 7.83. The van der Waals surface area contributed by atoms with E-state index in [1.165, 1.54) is 6.07 Å². The van der Waals surface area contributed by atoms with Crippen molar-refractivity contribution in [3.05, 3.63) is 58.0 Å². The molecule has 0 aliphatic carbocycles. The van der Waals surface area contributed by atoms with E-state index in [4.69, 9.17) is 4.42 Å². The normalized spacial score (nSPS) is 13.1. The molecule has 1 aromatic heterocycles. The summed E-state index contributed by atoms with van der Waals surface area (Å²) in [4.78, 5) is 22.3. The lowest BCUT2D eigenvalue weighted by Crippen LogP contribution is -2.38. The molecule has 134 valence electrons. The molecular weight excluding hydrogens is 326 g/mol. The molecule has 0 radical (unpaired) electrons. The van der Waals surface area contributed by atoms with Crippen LogP contribution in [0.25, 0.3) is 0 Å². The third kappa shape index (κ3) is 5.05. The van der Waals surface area contributed by atoms with Gasteiger partial charge in [0.1, 0.15) is 22.8 Å². The van der Waals surface area contributed by atoms with Crippen LogP contribution < -0.4 is 10.6 Å². The van der Waals surface area contributed by atoms with Crippen molar-refractivity contribution in [2.24, 2.45) is 0 Å². The zero-order valence-corrected chi connectivity index (χ0v) is 14.1. The van der Waals surface area contributed by atoms with Crippen LogP contribution in [0.5, 0.6) is 0 Å². The maximum atomic E-state index is 11.9. The summed E-state index contributed by atoms with van der Waals surface area (Å²) in [6.45, 7) is 3.56. The van der Waals surface area contributed by atoms with Crippen LogP contribution in [0.3, 0.4) is 0 Å². The van der Waals surface area contributed by atoms with Crippen LogP contribution in [0.4, 0.5) is 11.4 Å². The number of carbonyl (C=O) groups is 1. The molecule has 0 fully saturated rings. The number of furan rings is 1. The highest BCUT2D eigenvalue weighted by Crippen LogP contribution is 2.23. The molecular formula is C17H21N3O5. The summed E-state index contributed by atoms with van der Waals surface area (Å²) in [5.41, 5.74) is -0.993. The van der Waals surface area contributed by atoms with Crippen molar-refractivity contribution >= 4 is 17.3 Å². The van der Waals surface area contributed by atoms with Gasteiger partial charge in [-0.1, -0.05) is 12.1 Å². The summed E-state index contributed by atoms with van der Waals surface area (Å²) in [7, 11) is 0.